The Labute approximate surface area is 148 Å². The number of halogens is 2. The molecule has 0 heterocycles. The lowest BCUT2D eigenvalue weighted by atomic mass is 10.1. The fourth-order valence-corrected chi connectivity index (χ4v) is 2.04. The van der Waals surface area contributed by atoms with Crippen LogP contribution < -0.4 is 10.6 Å². The third-order valence-corrected chi connectivity index (χ3v) is 3.44. The molecule has 7 heteroatoms. The highest BCUT2D eigenvalue weighted by molar-refractivity contribution is 6.10. The molecule has 134 valence electrons. The largest absolute Gasteiger partial charge is 0.323 e. The normalized spacial score (nSPS) is 11.0. The molecular formula is C19H16F2N2O3. The second-order valence-corrected chi connectivity index (χ2v) is 5.53. The molecule has 0 fully saturated rings. The molecule has 2 aromatic rings. The number of carbonyl (C=O) groups is 3. The molecule has 2 aromatic carbocycles. The topological polar surface area (TPSA) is 75.3 Å². The minimum absolute atomic E-state index is 0.00603. The maximum absolute atomic E-state index is 13.5. The molecule has 26 heavy (non-hydrogen) atoms. The van der Waals surface area contributed by atoms with Gasteiger partial charge in [-0.3, -0.25) is 14.4 Å². The quantitative estimate of drug-likeness (QED) is 0.632. The zero-order valence-electron chi connectivity index (χ0n) is 14.1. The first-order valence-corrected chi connectivity index (χ1v) is 7.63. The van der Waals surface area contributed by atoms with Gasteiger partial charge in [0.25, 0.3) is 5.91 Å². The number of anilines is 2. The van der Waals surface area contributed by atoms with Crippen LogP contribution in [0, 0.1) is 11.6 Å². The highest BCUT2D eigenvalue weighted by Gasteiger charge is 2.11. The summed E-state index contributed by atoms with van der Waals surface area (Å²) in [6, 6.07) is 8.90. The first kappa shape index (κ1) is 19.0. The van der Waals surface area contributed by atoms with Gasteiger partial charge in [-0.25, -0.2) is 8.78 Å². The monoisotopic (exact) mass is 358 g/mol. The van der Waals surface area contributed by atoms with E-state index >= 15 is 0 Å². The molecule has 2 amide bonds. The first-order valence-electron chi connectivity index (χ1n) is 7.63. The van der Waals surface area contributed by atoms with E-state index in [1.54, 1.807) is 24.3 Å². The van der Waals surface area contributed by atoms with Gasteiger partial charge in [0.05, 0.1) is 5.69 Å². The molecule has 0 radical (unpaired) electrons. The maximum Gasteiger partial charge on any atom is 0.251 e. The number of benzene rings is 2. The molecular weight excluding hydrogens is 342 g/mol. The van der Waals surface area contributed by atoms with Gasteiger partial charge >= 0.3 is 0 Å². The van der Waals surface area contributed by atoms with Gasteiger partial charge in [-0.15, -0.1) is 0 Å². The van der Waals surface area contributed by atoms with E-state index in [1.807, 2.05) is 0 Å². The minimum Gasteiger partial charge on any atom is -0.323 e. The van der Waals surface area contributed by atoms with Crippen molar-refractivity contribution in [3.63, 3.8) is 0 Å². The molecule has 2 rings (SSSR count). The van der Waals surface area contributed by atoms with Crippen LogP contribution in [0.25, 0.3) is 0 Å². The summed E-state index contributed by atoms with van der Waals surface area (Å²) in [6.45, 7) is 2.80. The molecule has 0 atom stereocenters. The molecule has 0 aliphatic carbocycles. The molecule has 5 nitrogen and oxygen atoms in total. The van der Waals surface area contributed by atoms with Gasteiger partial charge in [0.1, 0.15) is 11.6 Å². The van der Waals surface area contributed by atoms with E-state index in [-0.39, 0.29) is 17.0 Å². The molecule has 0 spiro atoms. The summed E-state index contributed by atoms with van der Waals surface area (Å²) in [5, 5.41) is 4.74. The zero-order valence-corrected chi connectivity index (χ0v) is 14.1. The Kier molecular flexibility index (Phi) is 5.95. The zero-order chi connectivity index (χ0) is 19.3. The van der Waals surface area contributed by atoms with E-state index in [9.17, 15) is 23.2 Å². The molecule has 0 aliphatic heterocycles. The Hall–Kier alpha value is -3.35. The van der Waals surface area contributed by atoms with Crippen LogP contribution in [-0.2, 0) is 9.59 Å². The van der Waals surface area contributed by atoms with Crippen molar-refractivity contribution in [1.82, 2.24) is 0 Å². The van der Waals surface area contributed by atoms with E-state index in [0.29, 0.717) is 11.3 Å². The Morgan fingerprint density at radius 1 is 0.923 bits per heavy atom. The van der Waals surface area contributed by atoms with Crippen molar-refractivity contribution in [2.75, 3.05) is 10.6 Å². The van der Waals surface area contributed by atoms with Crippen molar-refractivity contribution in [1.29, 1.82) is 0 Å². The summed E-state index contributed by atoms with van der Waals surface area (Å²) in [7, 11) is 0. The number of rotatable bonds is 5. The fourth-order valence-electron chi connectivity index (χ4n) is 2.04. The smallest absolute Gasteiger partial charge is 0.251 e. The maximum atomic E-state index is 13.5. The molecule has 0 saturated heterocycles. The number of hydrogen-bond donors (Lipinski definition) is 2. The lowest BCUT2D eigenvalue weighted by molar-refractivity contribution is -0.114. The van der Waals surface area contributed by atoms with Crippen LogP contribution in [0.5, 0.6) is 0 Å². The molecule has 0 bridgehead atoms. The lowest BCUT2D eigenvalue weighted by Crippen LogP contribution is -2.17. The Morgan fingerprint density at radius 2 is 1.58 bits per heavy atom. The lowest BCUT2D eigenvalue weighted by Gasteiger charge is -2.07. The fraction of sp³-hybridized carbons (Fsp3) is 0.105. The van der Waals surface area contributed by atoms with E-state index < -0.39 is 23.4 Å². The first-order chi connectivity index (χ1) is 12.3. The summed E-state index contributed by atoms with van der Waals surface area (Å²) in [5.74, 6) is -2.90. The second-order valence-electron chi connectivity index (χ2n) is 5.53. The molecule has 0 aliphatic rings. The average Bonchev–Trinajstić information content (AvgIpc) is 2.58. The van der Waals surface area contributed by atoms with Gasteiger partial charge in [-0.05, 0) is 50.2 Å². The number of carbonyl (C=O) groups excluding carboxylic acids is 3. The summed E-state index contributed by atoms with van der Waals surface area (Å²) < 4.78 is 26.6. The third kappa shape index (κ3) is 5.07. The van der Waals surface area contributed by atoms with Crippen molar-refractivity contribution in [2.45, 2.75) is 13.8 Å². The predicted molar refractivity (Wildman–Crippen MR) is 93.8 cm³/mol. The SMILES string of the molecule is CC(=O)c1ccc(NC(=O)/C=C(/C)C(=O)Nc2cc(F)ccc2F)cc1. The third-order valence-electron chi connectivity index (χ3n) is 3.44. The van der Waals surface area contributed by atoms with Crippen LogP contribution in [0.1, 0.15) is 24.2 Å². The average molecular weight is 358 g/mol. The van der Waals surface area contributed by atoms with Crippen LogP contribution in [-0.4, -0.2) is 17.6 Å². The van der Waals surface area contributed by atoms with E-state index in [2.05, 4.69) is 10.6 Å². The molecule has 2 N–H and O–H groups in total. The van der Waals surface area contributed by atoms with Gasteiger partial charge in [-0.2, -0.15) is 0 Å². The van der Waals surface area contributed by atoms with Crippen molar-refractivity contribution >= 4 is 29.0 Å². The standard InChI is InChI=1S/C19H16F2N2O3/c1-11(19(26)23-17-10-14(20)5-8-16(17)21)9-18(25)22-15-6-3-13(4-7-15)12(2)24/h3-10H,1-2H3,(H,22,25)(H,23,26)/b11-9-. The summed E-state index contributed by atoms with van der Waals surface area (Å²) in [5.41, 5.74) is 0.640. The van der Waals surface area contributed by atoms with Crippen LogP contribution in [0.2, 0.25) is 0 Å². The van der Waals surface area contributed by atoms with E-state index in [1.165, 1.54) is 13.8 Å². The van der Waals surface area contributed by atoms with Crippen molar-refractivity contribution < 1.29 is 23.2 Å². The van der Waals surface area contributed by atoms with E-state index in [0.717, 1.165) is 24.3 Å². The summed E-state index contributed by atoms with van der Waals surface area (Å²) in [6.07, 6.45) is 1.03. The van der Waals surface area contributed by atoms with Gasteiger partial charge in [0.2, 0.25) is 5.91 Å². The van der Waals surface area contributed by atoms with Crippen LogP contribution in [0.15, 0.2) is 54.1 Å². The molecule has 0 unspecified atom stereocenters. The highest BCUT2D eigenvalue weighted by atomic mass is 19.1. The Balaban J connectivity index is 2.03. The summed E-state index contributed by atoms with van der Waals surface area (Å²) in [4.78, 5) is 35.2. The second kappa shape index (κ2) is 8.15. The number of amides is 2. The summed E-state index contributed by atoms with van der Waals surface area (Å²) >= 11 is 0. The van der Waals surface area contributed by atoms with Gasteiger partial charge in [-0.1, -0.05) is 0 Å². The van der Waals surface area contributed by atoms with Crippen molar-refractivity contribution in [3.05, 3.63) is 71.3 Å². The molecule has 0 aromatic heterocycles. The highest BCUT2D eigenvalue weighted by Crippen LogP contribution is 2.16. The van der Waals surface area contributed by atoms with Crippen LogP contribution >= 0.6 is 0 Å². The minimum atomic E-state index is -0.789. The Bertz CT molecular complexity index is 890. The van der Waals surface area contributed by atoms with Gasteiger partial charge < -0.3 is 10.6 Å². The number of Topliss-reactive ketones (excluding diaryl/α,β-unsaturated/α-hetero) is 1. The van der Waals surface area contributed by atoms with Gasteiger partial charge in [0.15, 0.2) is 5.78 Å². The van der Waals surface area contributed by atoms with Crippen LogP contribution in [0.3, 0.4) is 0 Å². The Morgan fingerprint density at radius 3 is 2.19 bits per heavy atom. The number of nitrogens with one attached hydrogen (secondary N) is 2. The van der Waals surface area contributed by atoms with Gasteiger partial charge in [0, 0.05) is 29.0 Å². The predicted octanol–water partition coefficient (Wildman–Crippen LogP) is 3.69. The van der Waals surface area contributed by atoms with E-state index in [4.69, 9.17) is 0 Å². The van der Waals surface area contributed by atoms with Crippen LogP contribution in [0.4, 0.5) is 20.2 Å². The molecule has 0 saturated carbocycles. The number of ketones is 1. The number of hydrogen-bond acceptors (Lipinski definition) is 3. The van der Waals surface area contributed by atoms with Crippen molar-refractivity contribution in [2.24, 2.45) is 0 Å². The van der Waals surface area contributed by atoms with Crippen molar-refractivity contribution in [3.8, 4) is 0 Å².